The van der Waals surface area contributed by atoms with Gasteiger partial charge in [-0.15, -0.1) is 0 Å². The van der Waals surface area contributed by atoms with Crippen molar-refractivity contribution in [2.24, 2.45) is 0 Å². The molecule has 0 atom stereocenters. The maximum atomic E-state index is 9.44. The molecular weight excluding hydrogens is 158 g/mol. The van der Waals surface area contributed by atoms with Crippen molar-refractivity contribution < 1.29 is 14.9 Å². The molecule has 64 valence electrons. The van der Waals surface area contributed by atoms with E-state index in [4.69, 9.17) is 10.5 Å². The summed E-state index contributed by atoms with van der Waals surface area (Å²) in [6, 6.07) is 0. The third kappa shape index (κ3) is 0.664. The molecule has 1 aliphatic carbocycles. The zero-order valence-corrected chi connectivity index (χ0v) is 6.59. The summed E-state index contributed by atoms with van der Waals surface area (Å²) in [5.74, 6) is 0.270. The molecule has 4 heteroatoms. The third-order valence-electron chi connectivity index (χ3n) is 2.08. The van der Waals surface area contributed by atoms with Crippen LogP contribution in [0.15, 0.2) is 0 Å². The predicted octanol–water partition coefficient (Wildman–Crippen LogP) is 0.593. The third-order valence-corrected chi connectivity index (χ3v) is 2.08. The highest BCUT2D eigenvalue weighted by atomic mass is 16.5. The number of benzene rings is 1. The summed E-state index contributed by atoms with van der Waals surface area (Å²) >= 11 is 0. The molecule has 1 aliphatic rings. The van der Waals surface area contributed by atoms with E-state index in [0.717, 1.165) is 11.1 Å². The second-order valence-corrected chi connectivity index (χ2v) is 2.78. The number of aromatic hydroxyl groups is 2. The van der Waals surface area contributed by atoms with Gasteiger partial charge in [-0.3, -0.25) is 0 Å². The first-order valence-electron chi connectivity index (χ1n) is 3.56. The van der Waals surface area contributed by atoms with E-state index in [1.807, 2.05) is 0 Å². The van der Waals surface area contributed by atoms with Crippen molar-refractivity contribution in [1.82, 2.24) is 0 Å². The van der Waals surface area contributed by atoms with Crippen molar-refractivity contribution in [2.75, 3.05) is 12.8 Å². The van der Waals surface area contributed by atoms with Crippen LogP contribution in [-0.2, 0) is 6.42 Å². The molecule has 0 heterocycles. The SMILES string of the molecule is COc1c(N)c(O)c2c(c1O)C2. The number of phenols is 2. The molecular formula is C8H9NO3. The molecule has 0 aliphatic heterocycles. The fraction of sp³-hybridized carbons (Fsp3) is 0.250. The Labute approximate surface area is 69.2 Å². The quantitative estimate of drug-likeness (QED) is 0.330. The summed E-state index contributed by atoms with van der Waals surface area (Å²) in [4.78, 5) is 0. The number of fused-ring (bicyclic) bond motifs is 1. The van der Waals surface area contributed by atoms with Crippen LogP contribution in [0.1, 0.15) is 11.1 Å². The molecule has 4 nitrogen and oxygen atoms in total. The highest BCUT2D eigenvalue weighted by Gasteiger charge is 2.31. The number of anilines is 1. The molecule has 0 saturated heterocycles. The predicted molar refractivity (Wildman–Crippen MR) is 43.5 cm³/mol. The van der Waals surface area contributed by atoms with Crippen molar-refractivity contribution in [3.8, 4) is 17.2 Å². The maximum Gasteiger partial charge on any atom is 0.187 e. The highest BCUT2D eigenvalue weighted by Crippen LogP contribution is 2.53. The molecule has 1 aromatic carbocycles. The van der Waals surface area contributed by atoms with E-state index >= 15 is 0 Å². The average molecular weight is 167 g/mol. The van der Waals surface area contributed by atoms with E-state index in [2.05, 4.69) is 0 Å². The van der Waals surface area contributed by atoms with Crippen LogP contribution in [0.4, 0.5) is 5.69 Å². The second-order valence-electron chi connectivity index (χ2n) is 2.78. The lowest BCUT2D eigenvalue weighted by Gasteiger charge is -2.06. The molecule has 0 aromatic heterocycles. The molecule has 0 radical (unpaired) electrons. The van der Waals surface area contributed by atoms with Gasteiger partial charge in [0.25, 0.3) is 0 Å². The molecule has 0 spiro atoms. The van der Waals surface area contributed by atoms with Gasteiger partial charge in [-0.2, -0.15) is 0 Å². The molecule has 4 N–H and O–H groups in total. The summed E-state index contributed by atoms with van der Waals surface area (Å²) < 4.78 is 4.84. The van der Waals surface area contributed by atoms with Crippen molar-refractivity contribution >= 4 is 5.69 Å². The van der Waals surface area contributed by atoms with Crippen LogP contribution < -0.4 is 10.5 Å². The van der Waals surface area contributed by atoms with E-state index in [1.165, 1.54) is 7.11 Å². The van der Waals surface area contributed by atoms with Crippen molar-refractivity contribution in [3.05, 3.63) is 11.1 Å². The Bertz CT molecular complexity index is 360. The number of ether oxygens (including phenoxy) is 1. The van der Waals surface area contributed by atoms with Crippen LogP contribution >= 0.6 is 0 Å². The summed E-state index contributed by atoms with van der Waals surface area (Å²) in [7, 11) is 1.40. The van der Waals surface area contributed by atoms with Gasteiger partial charge in [0.05, 0.1) is 7.11 Å². The zero-order chi connectivity index (χ0) is 8.88. The number of nitrogens with two attached hydrogens (primary N) is 1. The monoisotopic (exact) mass is 167 g/mol. The Morgan fingerprint density at radius 1 is 1.25 bits per heavy atom. The van der Waals surface area contributed by atoms with Crippen LogP contribution in [0.2, 0.25) is 0 Å². The lowest BCUT2D eigenvalue weighted by molar-refractivity contribution is 0.372. The number of nitrogen functional groups attached to an aromatic ring is 1. The van der Waals surface area contributed by atoms with Gasteiger partial charge >= 0.3 is 0 Å². The average Bonchev–Trinajstić information content (AvgIpc) is 2.81. The Morgan fingerprint density at radius 3 is 2.42 bits per heavy atom. The van der Waals surface area contributed by atoms with Gasteiger partial charge in [0.15, 0.2) is 11.5 Å². The van der Waals surface area contributed by atoms with Crippen LogP contribution in [0.25, 0.3) is 0 Å². The number of methoxy groups -OCH3 is 1. The Balaban J connectivity index is 2.70. The number of hydrogen-bond donors (Lipinski definition) is 3. The van der Waals surface area contributed by atoms with Crippen LogP contribution in [0.5, 0.6) is 17.2 Å². The minimum Gasteiger partial charge on any atom is -0.505 e. The standard InChI is InChI=1S/C8H9NO3/c1-12-8-5(9)6(10)3-2-4(3)7(8)11/h10-11H,2,9H2,1H3. The van der Waals surface area contributed by atoms with Crippen LogP contribution in [0.3, 0.4) is 0 Å². The normalized spacial score (nSPS) is 12.4. The van der Waals surface area contributed by atoms with E-state index in [-0.39, 0.29) is 22.9 Å². The van der Waals surface area contributed by atoms with Crippen LogP contribution in [-0.4, -0.2) is 17.3 Å². The van der Waals surface area contributed by atoms with E-state index in [9.17, 15) is 10.2 Å². The Hall–Kier alpha value is -1.58. The van der Waals surface area contributed by atoms with Gasteiger partial charge in [0, 0.05) is 17.5 Å². The topological polar surface area (TPSA) is 75.7 Å². The van der Waals surface area contributed by atoms with E-state index < -0.39 is 0 Å². The number of phenolic OH excluding ortho intramolecular Hbond substituents is 2. The number of hydrogen-bond acceptors (Lipinski definition) is 4. The fourth-order valence-corrected chi connectivity index (χ4v) is 1.33. The first kappa shape index (κ1) is 7.09. The van der Waals surface area contributed by atoms with Gasteiger partial charge in [-0.1, -0.05) is 0 Å². The number of rotatable bonds is 1. The highest BCUT2D eigenvalue weighted by molar-refractivity contribution is 5.79. The Kier molecular flexibility index (Phi) is 1.16. The smallest absolute Gasteiger partial charge is 0.187 e. The molecule has 0 amide bonds. The molecule has 0 bridgehead atoms. The van der Waals surface area contributed by atoms with E-state index in [0.29, 0.717) is 6.42 Å². The first-order chi connectivity index (χ1) is 5.66. The molecule has 2 rings (SSSR count). The summed E-state index contributed by atoms with van der Waals surface area (Å²) in [6.07, 6.45) is 0.602. The van der Waals surface area contributed by atoms with E-state index in [1.54, 1.807) is 0 Å². The molecule has 0 fully saturated rings. The van der Waals surface area contributed by atoms with Gasteiger partial charge in [0.1, 0.15) is 11.4 Å². The zero-order valence-electron chi connectivity index (χ0n) is 6.59. The van der Waals surface area contributed by atoms with Gasteiger partial charge < -0.3 is 20.7 Å². The second kappa shape index (κ2) is 1.97. The molecule has 0 unspecified atom stereocenters. The van der Waals surface area contributed by atoms with Crippen molar-refractivity contribution in [2.45, 2.75) is 6.42 Å². The minimum absolute atomic E-state index is 0.0413. The lowest BCUT2D eigenvalue weighted by atomic mass is 10.2. The van der Waals surface area contributed by atoms with Gasteiger partial charge in [0.2, 0.25) is 0 Å². The molecule has 1 aromatic rings. The maximum absolute atomic E-state index is 9.44. The largest absolute Gasteiger partial charge is 0.505 e. The van der Waals surface area contributed by atoms with Crippen LogP contribution in [0, 0.1) is 0 Å². The summed E-state index contributed by atoms with van der Waals surface area (Å²) in [5.41, 5.74) is 7.07. The molecule has 12 heavy (non-hydrogen) atoms. The van der Waals surface area contributed by atoms with Crippen molar-refractivity contribution in [1.29, 1.82) is 0 Å². The minimum atomic E-state index is 0.0413. The first-order valence-corrected chi connectivity index (χ1v) is 3.56. The van der Waals surface area contributed by atoms with Gasteiger partial charge in [-0.25, -0.2) is 0 Å². The summed E-state index contributed by atoms with van der Waals surface area (Å²) in [5, 5.41) is 18.8. The summed E-state index contributed by atoms with van der Waals surface area (Å²) in [6.45, 7) is 0. The van der Waals surface area contributed by atoms with Crippen molar-refractivity contribution in [3.63, 3.8) is 0 Å². The fourth-order valence-electron chi connectivity index (χ4n) is 1.33. The molecule has 0 saturated carbocycles. The Morgan fingerprint density at radius 2 is 1.83 bits per heavy atom. The lowest BCUT2D eigenvalue weighted by Crippen LogP contribution is -1.92. The van der Waals surface area contributed by atoms with Gasteiger partial charge in [-0.05, 0) is 0 Å².